The summed E-state index contributed by atoms with van der Waals surface area (Å²) in [7, 11) is 0. The number of nitrogens with zero attached hydrogens (tertiary/aromatic N) is 2. The first kappa shape index (κ1) is 14.4. The molecule has 112 valence electrons. The molecule has 0 saturated carbocycles. The molecule has 1 aliphatic heterocycles. The monoisotopic (exact) mass is 314 g/mol. The van der Waals surface area contributed by atoms with Crippen LogP contribution < -0.4 is 27.2 Å². The Balaban J connectivity index is 0.00000144. The zero-order valence-corrected chi connectivity index (χ0v) is 12.4. The lowest BCUT2D eigenvalue weighted by molar-refractivity contribution is -0.00000482. The van der Waals surface area contributed by atoms with Crippen molar-refractivity contribution in [3.63, 3.8) is 0 Å². The van der Waals surface area contributed by atoms with Crippen LogP contribution in [-0.2, 0) is 0 Å². The normalized spacial score (nSPS) is 12.5. The second kappa shape index (κ2) is 6.07. The molecule has 0 aliphatic carbocycles. The highest BCUT2D eigenvalue weighted by Crippen LogP contribution is 2.34. The molecule has 0 saturated heterocycles. The number of para-hydroxylation sites is 1. The molecular weight excluding hydrogens is 302 g/mol. The highest BCUT2D eigenvalue weighted by atomic mass is 35.5. The van der Waals surface area contributed by atoms with Gasteiger partial charge < -0.3 is 27.2 Å². The number of anilines is 2. The molecule has 6 heteroatoms. The molecule has 0 radical (unpaired) electrons. The minimum absolute atomic E-state index is 0. The first-order valence-electron chi connectivity index (χ1n) is 6.76. The van der Waals surface area contributed by atoms with Gasteiger partial charge in [-0.25, -0.2) is 9.97 Å². The second-order valence-corrected chi connectivity index (χ2v) is 4.72. The van der Waals surface area contributed by atoms with Crippen LogP contribution >= 0.6 is 0 Å². The van der Waals surface area contributed by atoms with Crippen molar-refractivity contribution in [2.45, 2.75) is 0 Å². The summed E-state index contributed by atoms with van der Waals surface area (Å²) in [4.78, 5) is 8.58. The summed E-state index contributed by atoms with van der Waals surface area (Å²) in [6, 6.07) is 13.7. The van der Waals surface area contributed by atoms with Gasteiger partial charge in [-0.1, -0.05) is 12.1 Å². The van der Waals surface area contributed by atoms with E-state index in [2.05, 4.69) is 15.3 Å². The molecule has 0 spiro atoms. The van der Waals surface area contributed by atoms with Crippen molar-refractivity contribution in [3.05, 3.63) is 48.8 Å². The van der Waals surface area contributed by atoms with Gasteiger partial charge in [0.25, 0.3) is 0 Å². The molecule has 0 amide bonds. The Bertz CT molecular complexity index is 805. The smallest absolute Gasteiger partial charge is 0.163 e. The Morgan fingerprint density at radius 1 is 0.909 bits per heavy atom. The summed E-state index contributed by atoms with van der Waals surface area (Å²) < 4.78 is 11.1. The third kappa shape index (κ3) is 2.63. The third-order valence-corrected chi connectivity index (χ3v) is 3.35. The average molecular weight is 315 g/mol. The van der Waals surface area contributed by atoms with Crippen LogP contribution in [0.25, 0.3) is 10.9 Å². The molecule has 0 fully saturated rings. The van der Waals surface area contributed by atoms with Crippen molar-refractivity contribution in [1.29, 1.82) is 0 Å². The maximum absolute atomic E-state index is 5.59. The molecular formula is C16H13ClN3O2-. The molecule has 1 aliphatic rings. The van der Waals surface area contributed by atoms with Crippen LogP contribution in [0, 0.1) is 0 Å². The van der Waals surface area contributed by atoms with Gasteiger partial charge in [0.05, 0.1) is 5.52 Å². The number of nitrogens with one attached hydrogen (secondary N) is 1. The van der Waals surface area contributed by atoms with E-state index in [0.717, 1.165) is 33.9 Å². The van der Waals surface area contributed by atoms with Gasteiger partial charge in [0.2, 0.25) is 0 Å². The molecule has 3 aromatic rings. The molecule has 22 heavy (non-hydrogen) atoms. The topological polar surface area (TPSA) is 56.3 Å². The highest BCUT2D eigenvalue weighted by molar-refractivity contribution is 5.90. The van der Waals surface area contributed by atoms with Gasteiger partial charge in [-0.3, -0.25) is 0 Å². The fourth-order valence-electron chi connectivity index (χ4n) is 2.36. The number of aromatic nitrogens is 2. The van der Waals surface area contributed by atoms with E-state index in [1.54, 1.807) is 6.33 Å². The third-order valence-electron chi connectivity index (χ3n) is 3.35. The zero-order valence-electron chi connectivity index (χ0n) is 11.6. The van der Waals surface area contributed by atoms with Gasteiger partial charge in [-0.2, -0.15) is 0 Å². The average Bonchev–Trinajstić information content (AvgIpc) is 2.55. The van der Waals surface area contributed by atoms with E-state index in [-0.39, 0.29) is 12.4 Å². The van der Waals surface area contributed by atoms with Gasteiger partial charge in [-0.15, -0.1) is 0 Å². The van der Waals surface area contributed by atoms with Crippen LogP contribution in [0.5, 0.6) is 11.5 Å². The Hall–Kier alpha value is -2.53. The molecule has 0 bridgehead atoms. The summed E-state index contributed by atoms with van der Waals surface area (Å²) >= 11 is 0. The lowest BCUT2D eigenvalue weighted by atomic mass is 10.2. The Labute approximate surface area is 133 Å². The maximum atomic E-state index is 5.59. The first-order chi connectivity index (χ1) is 10.4. The molecule has 0 unspecified atom stereocenters. The van der Waals surface area contributed by atoms with Crippen molar-refractivity contribution >= 4 is 22.4 Å². The quantitative estimate of drug-likeness (QED) is 0.730. The van der Waals surface area contributed by atoms with Crippen LogP contribution in [0.2, 0.25) is 0 Å². The van der Waals surface area contributed by atoms with E-state index in [1.807, 2.05) is 42.5 Å². The van der Waals surface area contributed by atoms with E-state index in [0.29, 0.717) is 13.2 Å². The summed E-state index contributed by atoms with van der Waals surface area (Å²) in [5, 5.41) is 4.29. The summed E-state index contributed by atoms with van der Waals surface area (Å²) in [5.74, 6) is 2.31. The van der Waals surface area contributed by atoms with Crippen molar-refractivity contribution < 1.29 is 21.9 Å². The molecule has 1 aromatic heterocycles. The van der Waals surface area contributed by atoms with Gasteiger partial charge in [0, 0.05) is 17.1 Å². The number of halogens is 1. The van der Waals surface area contributed by atoms with Crippen LogP contribution in [-0.4, -0.2) is 23.2 Å². The number of ether oxygens (including phenoxy) is 2. The van der Waals surface area contributed by atoms with Crippen molar-refractivity contribution in [2.75, 3.05) is 18.5 Å². The predicted octanol–water partition coefficient (Wildman–Crippen LogP) is 0.149. The zero-order chi connectivity index (χ0) is 14.1. The molecule has 2 heterocycles. The minimum Gasteiger partial charge on any atom is -1.00 e. The highest BCUT2D eigenvalue weighted by Gasteiger charge is 2.12. The van der Waals surface area contributed by atoms with Crippen molar-refractivity contribution in [3.8, 4) is 11.5 Å². The van der Waals surface area contributed by atoms with Crippen molar-refractivity contribution in [2.24, 2.45) is 0 Å². The van der Waals surface area contributed by atoms with Crippen LogP contribution in [0.1, 0.15) is 0 Å². The van der Waals surface area contributed by atoms with Gasteiger partial charge in [0.1, 0.15) is 25.4 Å². The Kier molecular flexibility index (Phi) is 3.98. The van der Waals surface area contributed by atoms with E-state index in [1.165, 1.54) is 0 Å². The lowest BCUT2D eigenvalue weighted by Gasteiger charge is -2.19. The largest absolute Gasteiger partial charge is 1.00 e. The van der Waals surface area contributed by atoms with Gasteiger partial charge in [0.15, 0.2) is 11.5 Å². The van der Waals surface area contributed by atoms with Crippen molar-refractivity contribution in [1.82, 2.24) is 9.97 Å². The lowest BCUT2D eigenvalue weighted by Crippen LogP contribution is -3.00. The minimum atomic E-state index is 0. The molecule has 0 atom stereocenters. The van der Waals surface area contributed by atoms with E-state index in [4.69, 9.17) is 9.47 Å². The summed E-state index contributed by atoms with van der Waals surface area (Å²) in [5.41, 5.74) is 1.82. The molecule has 4 rings (SSSR count). The SMILES string of the molecule is [Cl-].c1ccc2c(Nc3ccc4c(c3)OCCO4)ncnc2c1. The first-order valence-corrected chi connectivity index (χ1v) is 6.76. The fraction of sp³-hybridized carbons (Fsp3) is 0.125. The number of fused-ring (bicyclic) bond motifs is 2. The molecule has 2 aromatic carbocycles. The van der Waals surface area contributed by atoms with E-state index >= 15 is 0 Å². The second-order valence-electron chi connectivity index (χ2n) is 4.72. The van der Waals surface area contributed by atoms with E-state index < -0.39 is 0 Å². The van der Waals surface area contributed by atoms with Gasteiger partial charge >= 0.3 is 0 Å². The van der Waals surface area contributed by atoms with Crippen LogP contribution in [0.4, 0.5) is 11.5 Å². The standard InChI is InChI=1S/C16H13N3O2.ClH/c1-2-4-13-12(3-1)16(18-10-17-13)19-11-5-6-14-15(9-11)21-8-7-20-14;/h1-6,9-10H,7-8H2,(H,17,18,19);1H/p-1. The fourth-order valence-corrected chi connectivity index (χ4v) is 2.36. The number of hydrogen-bond acceptors (Lipinski definition) is 5. The molecule has 1 N–H and O–H groups in total. The number of hydrogen-bond donors (Lipinski definition) is 1. The van der Waals surface area contributed by atoms with Crippen LogP contribution in [0.3, 0.4) is 0 Å². The van der Waals surface area contributed by atoms with Crippen LogP contribution in [0.15, 0.2) is 48.8 Å². The van der Waals surface area contributed by atoms with E-state index in [9.17, 15) is 0 Å². The predicted molar refractivity (Wildman–Crippen MR) is 80.3 cm³/mol. The van der Waals surface area contributed by atoms with Gasteiger partial charge in [-0.05, 0) is 24.3 Å². The number of rotatable bonds is 2. The Morgan fingerprint density at radius 2 is 1.73 bits per heavy atom. The summed E-state index contributed by atoms with van der Waals surface area (Å²) in [6.07, 6.45) is 1.56. The molecule has 5 nitrogen and oxygen atoms in total. The maximum Gasteiger partial charge on any atom is 0.163 e. The number of benzene rings is 2. The Morgan fingerprint density at radius 3 is 2.64 bits per heavy atom. The summed E-state index contributed by atoms with van der Waals surface area (Å²) in [6.45, 7) is 1.17.